The number of rotatable bonds is 5. The average Bonchev–Trinajstić information content (AvgIpc) is 2.65. The van der Waals surface area contributed by atoms with Crippen molar-refractivity contribution in [2.45, 2.75) is 45.6 Å². The van der Waals surface area contributed by atoms with Crippen LogP contribution < -0.4 is 10.2 Å². The first kappa shape index (κ1) is 17.6. The van der Waals surface area contributed by atoms with Crippen molar-refractivity contribution in [3.05, 3.63) is 41.6 Å². The molecule has 0 saturated heterocycles. The van der Waals surface area contributed by atoms with Crippen LogP contribution in [0.2, 0.25) is 0 Å². The number of hydrogen-bond acceptors (Lipinski definition) is 3. The fraction of sp³-hybridized carbons (Fsp3) is 0.450. The van der Waals surface area contributed by atoms with Crippen LogP contribution in [0, 0.1) is 0 Å². The molecule has 0 amide bonds. The molecule has 3 nitrogen and oxygen atoms in total. The summed E-state index contributed by atoms with van der Waals surface area (Å²) < 4.78 is 27.6. The Morgan fingerprint density at radius 2 is 2.08 bits per heavy atom. The highest BCUT2D eigenvalue weighted by molar-refractivity contribution is 5.74. The number of nitrogens with one attached hydrogen (secondary N) is 1. The maximum Gasteiger partial charge on any atom is 0.264 e. The number of aromatic nitrogens is 1. The van der Waals surface area contributed by atoms with Gasteiger partial charge < -0.3 is 10.2 Å². The second-order valence-corrected chi connectivity index (χ2v) is 6.61. The number of nitrogens with zero attached hydrogens (tertiary/aromatic N) is 2. The summed E-state index contributed by atoms with van der Waals surface area (Å²) in [6.07, 6.45) is 2.14. The molecule has 1 atom stereocenters. The Morgan fingerprint density at radius 1 is 1.28 bits per heavy atom. The van der Waals surface area contributed by atoms with E-state index in [0.717, 1.165) is 48.4 Å². The van der Waals surface area contributed by atoms with E-state index in [-0.39, 0.29) is 5.56 Å². The van der Waals surface area contributed by atoms with Gasteiger partial charge >= 0.3 is 0 Å². The van der Waals surface area contributed by atoms with Crippen LogP contribution >= 0.6 is 0 Å². The number of hydrogen-bond donors (Lipinski definition) is 1. The summed E-state index contributed by atoms with van der Waals surface area (Å²) >= 11 is 0. The van der Waals surface area contributed by atoms with Crippen molar-refractivity contribution in [3.63, 3.8) is 0 Å². The summed E-state index contributed by atoms with van der Waals surface area (Å²) in [6, 6.07) is 7.66. The highest BCUT2D eigenvalue weighted by Crippen LogP contribution is 2.39. The average molecular weight is 345 g/mol. The number of fused-ring (bicyclic) bond motifs is 1. The Morgan fingerprint density at radius 3 is 2.68 bits per heavy atom. The van der Waals surface area contributed by atoms with E-state index in [2.05, 4.69) is 29.0 Å². The fourth-order valence-electron chi connectivity index (χ4n) is 3.49. The third-order valence-electron chi connectivity index (χ3n) is 5.09. The molecule has 1 unspecified atom stereocenters. The third kappa shape index (κ3) is 3.46. The molecule has 0 saturated carbocycles. The summed E-state index contributed by atoms with van der Waals surface area (Å²) in [7, 11) is 1.79. The van der Waals surface area contributed by atoms with Gasteiger partial charge in [0.1, 0.15) is 5.82 Å². The lowest BCUT2D eigenvalue weighted by Crippen LogP contribution is -2.37. The van der Waals surface area contributed by atoms with Gasteiger partial charge in [-0.25, -0.2) is 13.8 Å². The van der Waals surface area contributed by atoms with Crippen molar-refractivity contribution in [1.82, 2.24) is 4.98 Å². The molecular formula is C20H25F2N3. The van der Waals surface area contributed by atoms with Crippen LogP contribution in [-0.2, 0) is 6.42 Å². The van der Waals surface area contributed by atoms with Gasteiger partial charge in [-0.15, -0.1) is 0 Å². The number of anilines is 2. The molecule has 2 heterocycles. The zero-order valence-electron chi connectivity index (χ0n) is 15.0. The Bertz CT molecular complexity index is 728. The molecule has 1 N–H and O–H groups in total. The van der Waals surface area contributed by atoms with E-state index < -0.39 is 6.43 Å². The Kier molecular flexibility index (Phi) is 5.21. The molecule has 25 heavy (non-hydrogen) atoms. The molecule has 1 aliphatic rings. The first-order valence-corrected chi connectivity index (χ1v) is 8.91. The van der Waals surface area contributed by atoms with Crippen molar-refractivity contribution in [3.8, 4) is 11.1 Å². The van der Waals surface area contributed by atoms with Crippen LogP contribution in [-0.4, -0.2) is 24.6 Å². The second-order valence-electron chi connectivity index (χ2n) is 6.61. The standard InChI is InChI=1S/C20H25F2N3/c1-4-13(2)25-9-5-6-14-10-16(17(20(21)22)11-18(14)25)15-7-8-19(23-3)24-12-15/h7-8,10-13,20H,4-6,9H2,1-3H3,(H,23,24). The number of alkyl halides is 2. The topological polar surface area (TPSA) is 28.2 Å². The third-order valence-corrected chi connectivity index (χ3v) is 5.09. The monoisotopic (exact) mass is 345 g/mol. The van der Waals surface area contributed by atoms with Gasteiger partial charge in [0.2, 0.25) is 0 Å². The maximum absolute atomic E-state index is 13.8. The fourth-order valence-corrected chi connectivity index (χ4v) is 3.49. The number of pyridine rings is 1. The molecule has 0 bridgehead atoms. The number of halogens is 2. The van der Waals surface area contributed by atoms with Crippen LogP contribution in [0.5, 0.6) is 0 Å². The van der Waals surface area contributed by atoms with E-state index in [9.17, 15) is 8.78 Å². The van der Waals surface area contributed by atoms with E-state index in [4.69, 9.17) is 0 Å². The Balaban J connectivity index is 2.10. The van der Waals surface area contributed by atoms with E-state index in [1.165, 1.54) is 0 Å². The van der Waals surface area contributed by atoms with Gasteiger partial charge in [0, 0.05) is 42.6 Å². The first-order chi connectivity index (χ1) is 12.0. The zero-order valence-corrected chi connectivity index (χ0v) is 15.0. The van der Waals surface area contributed by atoms with E-state index in [1.807, 2.05) is 18.2 Å². The quantitative estimate of drug-likeness (QED) is 0.799. The minimum Gasteiger partial charge on any atom is -0.373 e. The van der Waals surface area contributed by atoms with Gasteiger partial charge in [-0.1, -0.05) is 6.92 Å². The van der Waals surface area contributed by atoms with Gasteiger partial charge in [0.05, 0.1) is 0 Å². The highest BCUT2D eigenvalue weighted by Gasteiger charge is 2.25. The molecular weight excluding hydrogens is 320 g/mol. The van der Waals surface area contributed by atoms with Crippen LogP contribution in [0.4, 0.5) is 20.3 Å². The lowest BCUT2D eigenvalue weighted by atomic mass is 9.91. The normalized spacial score (nSPS) is 15.2. The lowest BCUT2D eigenvalue weighted by molar-refractivity contribution is 0.152. The lowest BCUT2D eigenvalue weighted by Gasteiger charge is -2.36. The van der Waals surface area contributed by atoms with Gasteiger partial charge in [-0.3, -0.25) is 0 Å². The molecule has 0 spiro atoms. The predicted molar refractivity (Wildman–Crippen MR) is 99.6 cm³/mol. The maximum atomic E-state index is 13.8. The van der Waals surface area contributed by atoms with E-state index in [1.54, 1.807) is 19.3 Å². The van der Waals surface area contributed by atoms with E-state index >= 15 is 0 Å². The second kappa shape index (κ2) is 7.38. The largest absolute Gasteiger partial charge is 0.373 e. The van der Waals surface area contributed by atoms with Crippen molar-refractivity contribution in [2.75, 3.05) is 23.8 Å². The van der Waals surface area contributed by atoms with E-state index in [0.29, 0.717) is 11.6 Å². The number of benzene rings is 1. The minimum absolute atomic E-state index is 0.0907. The summed E-state index contributed by atoms with van der Waals surface area (Å²) in [5.74, 6) is 0.725. The van der Waals surface area contributed by atoms with Gasteiger partial charge in [-0.05, 0) is 61.6 Å². The van der Waals surface area contributed by atoms with Crippen molar-refractivity contribution < 1.29 is 8.78 Å². The molecule has 1 aromatic heterocycles. The molecule has 1 aromatic carbocycles. The van der Waals surface area contributed by atoms with Crippen LogP contribution in [0.1, 0.15) is 44.2 Å². The minimum atomic E-state index is -2.51. The van der Waals surface area contributed by atoms with Crippen molar-refractivity contribution in [2.24, 2.45) is 0 Å². The molecule has 0 aliphatic carbocycles. The molecule has 134 valence electrons. The summed E-state index contributed by atoms with van der Waals surface area (Å²) in [6.45, 7) is 5.23. The number of aryl methyl sites for hydroxylation is 1. The summed E-state index contributed by atoms with van der Waals surface area (Å²) in [4.78, 5) is 6.55. The molecule has 1 aliphatic heterocycles. The molecule has 2 aromatic rings. The van der Waals surface area contributed by atoms with Crippen molar-refractivity contribution >= 4 is 11.5 Å². The zero-order chi connectivity index (χ0) is 18.0. The van der Waals surface area contributed by atoms with Gasteiger partial charge in [-0.2, -0.15) is 0 Å². The highest BCUT2D eigenvalue weighted by atomic mass is 19.3. The van der Waals surface area contributed by atoms with Crippen LogP contribution in [0.3, 0.4) is 0 Å². The SMILES string of the molecule is CCC(C)N1CCCc2cc(-c3ccc(NC)nc3)c(C(F)F)cc21. The smallest absolute Gasteiger partial charge is 0.264 e. The van der Waals surface area contributed by atoms with Crippen LogP contribution in [0.15, 0.2) is 30.5 Å². The molecule has 5 heteroatoms. The van der Waals surface area contributed by atoms with Crippen LogP contribution in [0.25, 0.3) is 11.1 Å². The molecule has 0 radical (unpaired) electrons. The predicted octanol–water partition coefficient (Wildman–Crippen LogP) is 5.28. The van der Waals surface area contributed by atoms with Gasteiger partial charge in [0.25, 0.3) is 6.43 Å². The molecule has 0 fully saturated rings. The first-order valence-electron chi connectivity index (χ1n) is 8.91. The van der Waals surface area contributed by atoms with Crippen molar-refractivity contribution in [1.29, 1.82) is 0 Å². The Hall–Kier alpha value is -2.17. The van der Waals surface area contributed by atoms with Gasteiger partial charge in [0.15, 0.2) is 0 Å². The Labute approximate surface area is 148 Å². The summed E-state index contributed by atoms with van der Waals surface area (Å²) in [5.41, 5.74) is 3.55. The summed E-state index contributed by atoms with van der Waals surface area (Å²) in [5, 5.41) is 2.95. The molecule has 3 rings (SSSR count).